The first-order valence-electron chi connectivity index (χ1n) is 10.9. The normalized spacial score (nSPS) is 30.5. The Hall–Kier alpha value is -2.13. The number of rotatable bonds is 6. The quantitative estimate of drug-likeness (QED) is 0.798. The van der Waals surface area contributed by atoms with Gasteiger partial charge < -0.3 is 10.6 Å². The highest BCUT2D eigenvalue weighted by Crippen LogP contribution is 2.55. The van der Waals surface area contributed by atoms with Gasteiger partial charge in [-0.1, -0.05) is 60.7 Å². The Morgan fingerprint density at radius 1 is 0.857 bits per heavy atom. The van der Waals surface area contributed by atoms with E-state index in [4.69, 9.17) is 0 Å². The second-order valence-electron chi connectivity index (χ2n) is 9.48. The third-order valence-corrected chi connectivity index (χ3v) is 7.30. The van der Waals surface area contributed by atoms with Crippen LogP contribution in [0.5, 0.6) is 0 Å². The highest BCUT2D eigenvalue weighted by molar-refractivity contribution is 5.77. The second kappa shape index (κ2) is 7.36. The minimum atomic E-state index is 0.106. The van der Waals surface area contributed by atoms with Crippen molar-refractivity contribution in [3.8, 4) is 0 Å². The topological polar surface area (TPSA) is 45.7 Å². The van der Waals surface area contributed by atoms with Gasteiger partial charge in [-0.05, 0) is 56.3 Å². The van der Waals surface area contributed by atoms with Crippen LogP contribution in [0.3, 0.4) is 0 Å². The standard InChI is InChI=1S/C25H30N2O/c28-23(27-25-14-18-11-19(15-25)13-20(12-18)16-25)17-26-24(21-7-3-1-4-8-21)22-9-5-2-6-10-22/h1-10,18-20,24,26H,11-17H2,(H,27,28)/p+1. The van der Waals surface area contributed by atoms with Crippen molar-refractivity contribution in [1.29, 1.82) is 0 Å². The fraction of sp³-hybridized carbons (Fsp3) is 0.480. The Balaban J connectivity index is 1.27. The Kier molecular flexibility index (Phi) is 4.72. The molecule has 146 valence electrons. The van der Waals surface area contributed by atoms with Crippen molar-refractivity contribution in [2.45, 2.75) is 50.1 Å². The first-order chi connectivity index (χ1) is 13.7. The lowest BCUT2D eigenvalue weighted by Crippen LogP contribution is -2.88. The molecule has 1 amide bonds. The molecule has 4 saturated carbocycles. The minimum Gasteiger partial charge on any atom is -0.346 e. The van der Waals surface area contributed by atoms with Crippen LogP contribution in [0.2, 0.25) is 0 Å². The molecule has 0 heterocycles. The van der Waals surface area contributed by atoms with Crippen molar-refractivity contribution < 1.29 is 10.1 Å². The van der Waals surface area contributed by atoms with E-state index in [9.17, 15) is 4.79 Å². The summed E-state index contributed by atoms with van der Waals surface area (Å²) in [6, 6.07) is 21.2. The Labute approximate surface area is 167 Å². The van der Waals surface area contributed by atoms with E-state index in [1.54, 1.807) is 0 Å². The third-order valence-electron chi connectivity index (χ3n) is 7.30. The van der Waals surface area contributed by atoms with Crippen molar-refractivity contribution in [3.05, 3.63) is 71.8 Å². The minimum absolute atomic E-state index is 0.106. The Morgan fingerprint density at radius 3 is 1.79 bits per heavy atom. The maximum atomic E-state index is 13.0. The van der Waals surface area contributed by atoms with E-state index in [-0.39, 0.29) is 17.5 Å². The van der Waals surface area contributed by atoms with Crippen molar-refractivity contribution >= 4 is 5.91 Å². The molecule has 4 bridgehead atoms. The lowest BCUT2D eigenvalue weighted by molar-refractivity contribution is -0.676. The molecule has 0 unspecified atom stereocenters. The Morgan fingerprint density at radius 2 is 1.32 bits per heavy atom. The number of nitrogens with one attached hydrogen (secondary N) is 1. The van der Waals surface area contributed by atoms with Gasteiger partial charge in [-0.3, -0.25) is 4.79 Å². The van der Waals surface area contributed by atoms with Gasteiger partial charge in [0.2, 0.25) is 0 Å². The molecule has 2 aromatic rings. The molecule has 4 aliphatic carbocycles. The number of nitrogens with two attached hydrogens (primary N) is 1. The molecule has 0 aromatic heterocycles. The highest BCUT2D eigenvalue weighted by atomic mass is 16.2. The number of carbonyl (C=O) groups excluding carboxylic acids is 1. The molecule has 28 heavy (non-hydrogen) atoms. The number of amides is 1. The lowest BCUT2D eigenvalue weighted by Gasteiger charge is -2.56. The number of benzene rings is 2. The molecular formula is C25H31N2O+. The number of hydrogen-bond acceptors (Lipinski definition) is 1. The van der Waals surface area contributed by atoms with Crippen LogP contribution in [0.4, 0.5) is 0 Å². The fourth-order valence-corrected chi connectivity index (χ4v) is 6.62. The van der Waals surface area contributed by atoms with Crippen LogP contribution in [0, 0.1) is 17.8 Å². The fourth-order valence-electron chi connectivity index (χ4n) is 6.62. The Bertz CT molecular complexity index is 742. The molecule has 0 atom stereocenters. The molecule has 0 spiro atoms. The summed E-state index contributed by atoms with van der Waals surface area (Å²) >= 11 is 0. The zero-order valence-corrected chi connectivity index (χ0v) is 16.5. The van der Waals surface area contributed by atoms with Gasteiger partial charge in [0, 0.05) is 16.7 Å². The molecule has 3 N–H and O–H groups in total. The van der Waals surface area contributed by atoms with Gasteiger partial charge in [-0.15, -0.1) is 0 Å². The van der Waals surface area contributed by atoms with Gasteiger partial charge in [0.15, 0.2) is 6.54 Å². The zero-order valence-electron chi connectivity index (χ0n) is 16.5. The summed E-state index contributed by atoms with van der Waals surface area (Å²) in [5.41, 5.74) is 2.60. The van der Waals surface area contributed by atoms with Gasteiger partial charge in [-0.25, -0.2) is 0 Å². The lowest BCUT2D eigenvalue weighted by atomic mass is 9.53. The van der Waals surface area contributed by atoms with Crippen LogP contribution in [0.1, 0.15) is 55.7 Å². The second-order valence-corrected chi connectivity index (χ2v) is 9.48. The van der Waals surface area contributed by atoms with E-state index < -0.39 is 0 Å². The summed E-state index contributed by atoms with van der Waals surface area (Å²) in [5.74, 6) is 2.78. The maximum absolute atomic E-state index is 13.0. The number of carbonyl (C=O) groups is 1. The smallest absolute Gasteiger partial charge is 0.275 e. The van der Waals surface area contributed by atoms with Crippen molar-refractivity contribution in [2.24, 2.45) is 17.8 Å². The van der Waals surface area contributed by atoms with Crippen LogP contribution < -0.4 is 10.6 Å². The molecule has 0 aliphatic heterocycles. The number of hydrogen-bond donors (Lipinski definition) is 2. The van der Waals surface area contributed by atoms with Gasteiger partial charge in [-0.2, -0.15) is 0 Å². The first-order valence-corrected chi connectivity index (χ1v) is 10.9. The highest BCUT2D eigenvalue weighted by Gasteiger charge is 2.51. The predicted octanol–water partition coefficient (Wildman–Crippen LogP) is 3.42. The summed E-state index contributed by atoms with van der Waals surface area (Å²) in [4.78, 5) is 13.0. The third kappa shape index (κ3) is 3.60. The summed E-state index contributed by atoms with van der Waals surface area (Å²) in [7, 11) is 0. The van der Waals surface area contributed by atoms with Crippen molar-refractivity contribution in [3.63, 3.8) is 0 Å². The average molecular weight is 376 g/mol. The van der Waals surface area contributed by atoms with Crippen LogP contribution in [-0.4, -0.2) is 18.0 Å². The maximum Gasteiger partial charge on any atom is 0.275 e. The van der Waals surface area contributed by atoms with E-state index in [0.29, 0.717) is 6.54 Å². The molecule has 4 aliphatic rings. The van der Waals surface area contributed by atoms with Crippen LogP contribution in [-0.2, 0) is 4.79 Å². The molecule has 3 nitrogen and oxygen atoms in total. The van der Waals surface area contributed by atoms with Gasteiger partial charge in [0.25, 0.3) is 5.91 Å². The largest absolute Gasteiger partial charge is 0.346 e. The average Bonchev–Trinajstić information content (AvgIpc) is 2.68. The van der Waals surface area contributed by atoms with Gasteiger partial charge >= 0.3 is 0 Å². The molecular weight excluding hydrogens is 344 g/mol. The number of quaternary nitrogens is 1. The zero-order chi connectivity index (χ0) is 19.0. The van der Waals surface area contributed by atoms with Crippen molar-refractivity contribution in [1.82, 2.24) is 5.32 Å². The summed E-state index contributed by atoms with van der Waals surface area (Å²) < 4.78 is 0. The predicted molar refractivity (Wildman–Crippen MR) is 111 cm³/mol. The summed E-state index contributed by atoms with van der Waals surface area (Å²) in [6.07, 6.45) is 7.87. The molecule has 4 fully saturated rings. The monoisotopic (exact) mass is 375 g/mol. The summed E-state index contributed by atoms with van der Waals surface area (Å²) in [6.45, 7) is 0.482. The van der Waals surface area contributed by atoms with E-state index in [1.807, 2.05) is 12.1 Å². The van der Waals surface area contributed by atoms with E-state index in [0.717, 1.165) is 17.8 Å². The van der Waals surface area contributed by atoms with Crippen molar-refractivity contribution in [2.75, 3.05) is 6.54 Å². The van der Waals surface area contributed by atoms with Crippen LogP contribution >= 0.6 is 0 Å². The SMILES string of the molecule is O=C(C[NH2+]C(c1ccccc1)c1ccccc1)NC12CC3CC(CC(C3)C1)C2. The van der Waals surface area contributed by atoms with E-state index in [1.165, 1.54) is 49.7 Å². The van der Waals surface area contributed by atoms with Gasteiger partial charge in [0.05, 0.1) is 0 Å². The van der Waals surface area contributed by atoms with Crippen LogP contribution in [0.25, 0.3) is 0 Å². The molecule has 0 saturated heterocycles. The summed E-state index contributed by atoms with van der Waals surface area (Å²) in [5, 5.41) is 5.71. The molecule has 3 heteroatoms. The van der Waals surface area contributed by atoms with Crippen LogP contribution in [0.15, 0.2) is 60.7 Å². The molecule has 0 radical (unpaired) electrons. The molecule has 2 aromatic carbocycles. The molecule has 6 rings (SSSR count). The van der Waals surface area contributed by atoms with E-state index >= 15 is 0 Å². The van der Waals surface area contributed by atoms with E-state index in [2.05, 4.69) is 59.2 Å². The first kappa shape index (κ1) is 17.9. The van der Waals surface area contributed by atoms with Gasteiger partial charge in [0.1, 0.15) is 6.04 Å².